The minimum Gasteiger partial charge on any atom is -0.508 e. The molecule has 33 nitrogen and oxygen atoms in total. The van der Waals surface area contributed by atoms with Gasteiger partial charge in [0, 0.05) is 79.6 Å². The van der Waals surface area contributed by atoms with Crippen LogP contribution in [-0.4, -0.2) is 263 Å². The van der Waals surface area contributed by atoms with Crippen LogP contribution in [-0.2, 0) is 54.4 Å². The van der Waals surface area contributed by atoms with Crippen LogP contribution >= 0.6 is 0 Å². The number of phenolic OH excluding ortho intramolecular Hbond substituents is 3. The number of phenols is 3. The number of nitrogens with two attached hydrogens (primary N) is 3. The number of rotatable bonds is 11. The van der Waals surface area contributed by atoms with E-state index in [0.29, 0.717) is 22.4 Å². The summed E-state index contributed by atoms with van der Waals surface area (Å²) in [6, 6.07) is 5.55. The Balaban J connectivity index is 0.000000175. The molecule has 0 unspecified atom stereocenters. The largest absolute Gasteiger partial charge is 0.508 e. The van der Waals surface area contributed by atoms with Crippen LogP contribution < -0.4 is 37.6 Å². The smallest absolute Gasteiger partial charge is 0.255 e. The van der Waals surface area contributed by atoms with Gasteiger partial charge in [-0.1, -0.05) is 26.0 Å². The highest BCUT2D eigenvalue weighted by molar-refractivity contribution is 6.27. The van der Waals surface area contributed by atoms with Crippen molar-refractivity contribution in [1.29, 1.82) is 0 Å². The molecule has 0 saturated heterocycles. The van der Waals surface area contributed by atoms with Crippen molar-refractivity contribution in [3.8, 4) is 17.2 Å². The number of nitrogens with one attached hydrogen (secondary N) is 2. The molecule has 0 heterocycles. The molecule has 9 aliphatic rings. The summed E-state index contributed by atoms with van der Waals surface area (Å²) in [6.07, 6.45) is -1.42. The van der Waals surface area contributed by atoms with Crippen LogP contribution in [0.5, 0.6) is 17.2 Å². The number of hydrogen-bond donors (Lipinski definition) is 18. The third-order valence-electron chi connectivity index (χ3n) is 22.8. The number of likely N-dealkylation sites (N-methyl/N-ethyl adjacent to an activating group) is 3. The molecule has 0 spiro atoms. The van der Waals surface area contributed by atoms with Gasteiger partial charge in [-0.15, -0.1) is 0 Å². The molecule has 0 aromatic heterocycles. The fourth-order valence-corrected chi connectivity index (χ4v) is 17.9. The molecular formula is C75H92N10O23. The lowest BCUT2D eigenvalue weighted by molar-refractivity contribution is -0.169. The van der Waals surface area contributed by atoms with Gasteiger partial charge >= 0.3 is 0 Å². The molecule has 108 heavy (non-hydrogen) atoms. The third-order valence-corrected chi connectivity index (χ3v) is 22.8. The summed E-state index contributed by atoms with van der Waals surface area (Å²) in [5, 5.41) is 150. The number of amides is 4. The minimum atomic E-state index is -2.89. The molecule has 3 aromatic carbocycles. The number of aliphatic hydroxyl groups excluding tert-OH is 7. The van der Waals surface area contributed by atoms with E-state index in [4.69, 9.17) is 17.2 Å². The second-order valence-corrected chi connectivity index (χ2v) is 31.2. The molecular weight excluding hydrogens is 1410 g/mol. The zero-order valence-corrected chi connectivity index (χ0v) is 62.1. The number of aliphatic hydroxyl groups is 10. The molecule has 580 valence electrons. The van der Waals surface area contributed by atoms with Crippen LogP contribution in [0.2, 0.25) is 0 Å². The fraction of sp³-hybridized carbons (Fsp3) is 0.467. The Morgan fingerprint density at radius 2 is 0.991 bits per heavy atom. The van der Waals surface area contributed by atoms with Gasteiger partial charge in [-0.05, 0) is 147 Å². The second kappa shape index (κ2) is 27.6. The number of benzene rings is 3. The van der Waals surface area contributed by atoms with Crippen molar-refractivity contribution in [1.82, 2.24) is 20.0 Å². The van der Waals surface area contributed by atoms with E-state index in [-0.39, 0.29) is 82.3 Å². The molecule has 0 radical (unpaired) electrons. The first-order chi connectivity index (χ1) is 49.9. The number of fused-ring (bicyclic) bond motifs is 9. The van der Waals surface area contributed by atoms with Gasteiger partial charge in [-0.2, -0.15) is 0 Å². The number of anilines is 3. The molecule has 3 fully saturated rings. The minimum absolute atomic E-state index is 0.00158. The Hall–Kier alpha value is -10.5. The molecule has 0 bridgehead atoms. The van der Waals surface area contributed by atoms with Gasteiger partial charge in [-0.25, -0.2) is 0 Å². The molecule has 21 N–H and O–H groups in total. The maximum Gasteiger partial charge on any atom is 0.255 e. The standard InChI is InChI=1S/C29H39N5O8.C24H29N3O7.C22H24N2O8/c1-28(2,3)31-11-17(35)32-15-10-16(33(4)5)13-8-12-9-14-21(34(6)7)24(38)20(27(30)41)26(40)29(14,42)25(39)18(12)23(37)19(13)22(15)36;1-9-10-8-11-18(27(4)5)20(30)17(23(25)33)22(32)24(11,34)21(31)15(10)19(29)16-13(28)7-6-12(14(9)16)26(2)3;1-7-8-5-4-6-9(25)11(8)16(26)12-10(7)17(27)14-15(24(2)3)18(28)13(21(23)31)20(30)22(14,32)19(12)29/h10,12,14,21,31,36-37,40,42H,8-9,11H2,1-7H3,(H2,30,41)(H,32,35);6-7,9-11,18,28-29,32,34H,8H2,1-5H3,(H2,25,33);4-7,10,14-15,17,25-27,30,32H,1-3H3,(H2,23,31)/t12-,14-,21-,29-;9-,10-,11+,18+,24+;7-,10+,14+,15-,17-,22-/m010/s1. The average Bonchev–Trinajstić information content (AvgIpc) is 0.699. The molecule has 9 aliphatic carbocycles. The van der Waals surface area contributed by atoms with Crippen LogP contribution in [0.1, 0.15) is 92.7 Å². The van der Waals surface area contributed by atoms with E-state index in [1.165, 1.54) is 40.9 Å². The molecule has 0 aliphatic heterocycles. The van der Waals surface area contributed by atoms with Crippen LogP contribution in [0.25, 0.3) is 17.3 Å². The summed E-state index contributed by atoms with van der Waals surface area (Å²) in [7, 11) is 16.3. The lowest BCUT2D eigenvalue weighted by atomic mass is 9.54. The quantitative estimate of drug-likeness (QED) is 0.0915. The molecule has 3 aromatic rings. The van der Waals surface area contributed by atoms with E-state index in [1.54, 1.807) is 78.4 Å². The van der Waals surface area contributed by atoms with E-state index in [0.717, 1.165) is 5.69 Å². The number of hydrogen-bond acceptors (Lipinski definition) is 29. The topological polar surface area (TPSA) is 552 Å². The van der Waals surface area contributed by atoms with Gasteiger partial charge in [0.15, 0.2) is 34.2 Å². The highest BCUT2D eigenvalue weighted by Gasteiger charge is 2.70. The van der Waals surface area contributed by atoms with E-state index in [1.807, 2.05) is 46.7 Å². The van der Waals surface area contributed by atoms with Gasteiger partial charge in [-0.3, -0.25) is 62.6 Å². The van der Waals surface area contributed by atoms with Crippen molar-refractivity contribution in [3.05, 3.63) is 120 Å². The summed E-state index contributed by atoms with van der Waals surface area (Å²) >= 11 is 0. The second-order valence-electron chi connectivity index (χ2n) is 31.2. The highest BCUT2D eigenvalue weighted by atomic mass is 16.4. The van der Waals surface area contributed by atoms with Gasteiger partial charge in [0.1, 0.15) is 68.5 Å². The van der Waals surface area contributed by atoms with Gasteiger partial charge in [0.05, 0.1) is 59.1 Å². The van der Waals surface area contributed by atoms with E-state index < -0.39 is 203 Å². The Morgan fingerprint density at radius 1 is 0.546 bits per heavy atom. The van der Waals surface area contributed by atoms with Crippen molar-refractivity contribution in [2.24, 2.45) is 52.7 Å². The monoisotopic (exact) mass is 1500 g/mol. The number of Topliss-reactive ketones (excluding diaryl/α,β-unsaturated/α-hetero) is 6. The SMILES string of the molecule is CN(C)c1cc(NC(=O)CNC(C)(C)C)c(O)c2c1C[C@H]1C[C@H]3[C@H](N(C)C)C(=O)C(C(N)=O)=C(O)[C@@]3(O)C(=O)C1=C2O.C[C@H]1c2c(N(C)C)ccc(O)c2C(O)=C2C(=O)[C@]3(O)C(O)=C(C(N)=O)C(=O)[C@@H](N(C)C)[C@@H]3C[C@@H]21.C[C@H]1c2cccc(O)c2C(O)=C2C(=O)[C@]3(O)C(O)=C(C(N)=O)C(=O)[C@@H](N(C)C)[C@@H]3[C@@H](O)[C@@H]21. The van der Waals surface area contributed by atoms with Crippen molar-refractivity contribution >= 4 is 92.7 Å². The third kappa shape index (κ3) is 11.8. The van der Waals surface area contributed by atoms with Crippen molar-refractivity contribution in [3.63, 3.8) is 0 Å². The van der Waals surface area contributed by atoms with Crippen LogP contribution in [0, 0.1) is 35.5 Å². The van der Waals surface area contributed by atoms with Gasteiger partial charge < -0.3 is 104 Å². The number of primary amides is 3. The summed E-state index contributed by atoms with van der Waals surface area (Å²) in [5.41, 5.74) is 6.74. The van der Waals surface area contributed by atoms with E-state index in [9.17, 15) is 114 Å². The normalized spacial score (nSPS) is 29.9. The number of carbonyl (C=O) groups excluding carboxylic acids is 10. The van der Waals surface area contributed by atoms with Crippen molar-refractivity contribution in [2.75, 3.05) is 92.1 Å². The first-order valence-corrected chi connectivity index (χ1v) is 34.5. The summed E-state index contributed by atoms with van der Waals surface area (Å²) in [4.78, 5) is 138. The molecule has 3 saturated carbocycles. The maximum absolute atomic E-state index is 14.0. The highest BCUT2D eigenvalue weighted by Crippen LogP contribution is 2.60. The van der Waals surface area contributed by atoms with E-state index >= 15 is 0 Å². The van der Waals surface area contributed by atoms with Crippen molar-refractivity contribution in [2.45, 2.75) is 112 Å². The Kier molecular flexibility index (Phi) is 20.5. The summed E-state index contributed by atoms with van der Waals surface area (Å²) in [5.74, 6) is -23.6. The Morgan fingerprint density at radius 3 is 1.47 bits per heavy atom. The van der Waals surface area contributed by atoms with Gasteiger partial charge in [0.2, 0.25) is 23.3 Å². The zero-order chi connectivity index (χ0) is 80.9. The van der Waals surface area contributed by atoms with E-state index in [2.05, 4.69) is 10.6 Å². The molecule has 33 heteroatoms. The maximum atomic E-state index is 14.0. The number of nitrogens with zero attached hydrogens (tertiary/aromatic N) is 5. The van der Waals surface area contributed by atoms with Crippen LogP contribution in [0.15, 0.2) is 87.1 Å². The Bertz CT molecular complexity index is 4710. The summed E-state index contributed by atoms with van der Waals surface area (Å²) < 4.78 is 0. The number of aromatic hydroxyl groups is 3. The lowest BCUT2D eigenvalue weighted by Crippen LogP contribution is -2.70. The molecule has 15 atom stereocenters. The van der Waals surface area contributed by atoms with Gasteiger partial charge in [0.25, 0.3) is 17.7 Å². The van der Waals surface area contributed by atoms with Crippen LogP contribution in [0.3, 0.4) is 0 Å². The first-order valence-electron chi connectivity index (χ1n) is 34.5. The predicted octanol–water partition coefficient (Wildman–Crippen LogP) is 0.443. The number of carbonyl (C=O) groups is 10. The molecule has 12 rings (SSSR count). The molecule has 4 amide bonds. The fourth-order valence-electron chi connectivity index (χ4n) is 17.9. The Labute approximate surface area is 619 Å². The zero-order valence-electron chi connectivity index (χ0n) is 62.1. The van der Waals surface area contributed by atoms with Crippen LogP contribution in [0.4, 0.5) is 17.1 Å². The first kappa shape index (κ1) is 80.0. The average molecular weight is 1500 g/mol. The lowest BCUT2D eigenvalue weighted by Gasteiger charge is -2.53. The summed E-state index contributed by atoms with van der Waals surface area (Å²) in [6.45, 7) is 9.14. The predicted molar refractivity (Wildman–Crippen MR) is 389 cm³/mol. The number of ketones is 6. The van der Waals surface area contributed by atoms with Crippen molar-refractivity contribution < 1.29 is 114 Å².